The van der Waals surface area contributed by atoms with E-state index in [1.165, 1.54) is 0 Å². The molecule has 0 radical (unpaired) electrons. The summed E-state index contributed by atoms with van der Waals surface area (Å²) in [5.41, 5.74) is 7.68. The van der Waals surface area contributed by atoms with Crippen LogP contribution in [0.3, 0.4) is 0 Å². The van der Waals surface area contributed by atoms with E-state index in [0.29, 0.717) is 10.7 Å². The number of carbonyl (C=O) groups is 1. The molecule has 1 aromatic carbocycles. The fraction of sp³-hybridized carbons (Fsp3) is 0.0833. The van der Waals surface area contributed by atoms with Gasteiger partial charge in [-0.25, -0.2) is 4.79 Å². The van der Waals surface area contributed by atoms with E-state index in [9.17, 15) is 4.79 Å². The maximum absolute atomic E-state index is 11.0. The molecule has 3 nitrogen and oxygen atoms in total. The third-order valence-electron chi connectivity index (χ3n) is 2.51. The van der Waals surface area contributed by atoms with Gasteiger partial charge in [-0.2, -0.15) is 0 Å². The molecule has 0 spiro atoms. The molecule has 0 unspecified atom stereocenters. The van der Waals surface area contributed by atoms with Gasteiger partial charge in [0.15, 0.2) is 0 Å². The van der Waals surface area contributed by atoms with Crippen molar-refractivity contribution in [1.82, 2.24) is 0 Å². The molecule has 0 amide bonds. The summed E-state index contributed by atoms with van der Waals surface area (Å²) in [6.45, 7) is 1.80. The van der Waals surface area contributed by atoms with E-state index in [4.69, 9.17) is 22.4 Å². The van der Waals surface area contributed by atoms with E-state index in [0.717, 1.165) is 27.3 Å². The molecule has 2 aromatic rings. The second-order valence-corrected chi connectivity index (χ2v) is 5.01. The lowest BCUT2D eigenvalue weighted by atomic mass is 10.1. The van der Waals surface area contributed by atoms with Gasteiger partial charge < -0.3 is 10.8 Å². The molecule has 17 heavy (non-hydrogen) atoms. The number of carboxylic acid groups (broad SMARTS) is 1. The Bertz CT molecular complexity index is 592. The highest BCUT2D eigenvalue weighted by atomic mass is 35.5. The van der Waals surface area contributed by atoms with Crippen LogP contribution < -0.4 is 5.73 Å². The smallest absolute Gasteiger partial charge is 0.348 e. The van der Waals surface area contributed by atoms with Crippen LogP contribution in [0.2, 0.25) is 5.02 Å². The second-order valence-electron chi connectivity index (χ2n) is 3.58. The molecule has 0 aliphatic heterocycles. The van der Waals surface area contributed by atoms with Gasteiger partial charge in [0.1, 0.15) is 4.88 Å². The second kappa shape index (κ2) is 4.39. The number of nitrogens with two attached hydrogens (primary N) is 1. The van der Waals surface area contributed by atoms with Gasteiger partial charge in [-0.3, -0.25) is 0 Å². The maximum atomic E-state index is 11.0. The van der Waals surface area contributed by atoms with Crippen LogP contribution in [-0.2, 0) is 0 Å². The predicted octanol–water partition coefficient (Wildman–Crippen LogP) is 3.66. The quantitative estimate of drug-likeness (QED) is 0.873. The standard InChI is InChI=1S/C12H10ClNO2S/c1-6-9(14)11(12(15)16)17-10(6)7-4-2-3-5-8(7)13/h2-5H,14H2,1H3,(H,15,16). The first-order valence-electron chi connectivity index (χ1n) is 4.89. The van der Waals surface area contributed by atoms with E-state index in [-0.39, 0.29) is 4.88 Å². The third kappa shape index (κ3) is 2.01. The van der Waals surface area contributed by atoms with Crippen LogP contribution in [-0.4, -0.2) is 11.1 Å². The van der Waals surface area contributed by atoms with Crippen molar-refractivity contribution in [3.05, 3.63) is 39.7 Å². The van der Waals surface area contributed by atoms with Crippen molar-refractivity contribution in [3.63, 3.8) is 0 Å². The predicted molar refractivity (Wildman–Crippen MR) is 70.9 cm³/mol. The molecule has 0 saturated heterocycles. The molecule has 0 aliphatic carbocycles. The first kappa shape index (κ1) is 12.0. The van der Waals surface area contributed by atoms with Crippen LogP contribution in [0.4, 0.5) is 5.69 Å². The van der Waals surface area contributed by atoms with Crippen molar-refractivity contribution in [1.29, 1.82) is 0 Å². The molecule has 5 heteroatoms. The SMILES string of the molecule is Cc1c(-c2ccccc2Cl)sc(C(=O)O)c1N. The monoisotopic (exact) mass is 267 g/mol. The van der Waals surface area contributed by atoms with Crippen molar-refractivity contribution in [3.8, 4) is 10.4 Å². The van der Waals surface area contributed by atoms with E-state index in [1.54, 1.807) is 13.0 Å². The van der Waals surface area contributed by atoms with Crippen molar-refractivity contribution >= 4 is 34.6 Å². The molecule has 2 rings (SSSR count). The van der Waals surface area contributed by atoms with Gasteiger partial charge >= 0.3 is 5.97 Å². The number of thiophene rings is 1. The van der Waals surface area contributed by atoms with Crippen LogP contribution in [0.25, 0.3) is 10.4 Å². The Kier molecular flexibility index (Phi) is 3.09. The molecular weight excluding hydrogens is 258 g/mol. The number of benzene rings is 1. The summed E-state index contributed by atoms with van der Waals surface area (Å²) in [4.78, 5) is 12.0. The van der Waals surface area contributed by atoms with Crippen LogP contribution in [0.15, 0.2) is 24.3 Å². The summed E-state index contributed by atoms with van der Waals surface area (Å²) in [7, 11) is 0. The summed E-state index contributed by atoms with van der Waals surface area (Å²) in [6, 6.07) is 7.31. The minimum atomic E-state index is -1.01. The molecular formula is C12H10ClNO2S. The van der Waals surface area contributed by atoms with Gasteiger partial charge in [0, 0.05) is 15.5 Å². The first-order chi connectivity index (χ1) is 8.02. The van der Waals surface area contributed by atoms with Gasteiger partial charge in [-0.15, -0.1) is 11.3 Å². The number of nitrogen functional groups attached to an aromatic ring is 1. The van der Waals surface area contributed by atoms with Gasteiger partial charge in [0.2, 0.25) is 0 Å². The Morgan fingerprint density at radius 1 is 1.41 bits per heavy atom. The molecule has 1 aromatic heterocycles. The fourth-order valence-corrected chi connectivity index (χ4v) is 2.98. The van der Waals surface area contributed by atoms with Crippen LogP contribution in [0.5, 0.6) is 0 Å². The molecule has 3 N–H and O–H groups in total. The molecule has 1 heterocycles. The van der Waals surface area contributed by atoms with Gasteiger partial charge in [-0.05, 0) is 18.6 Å². The largest absolute Gasteiger partial charge is 0.477 e. The third-order valence-corrected chi connectivity index (χ3v) is 4.16. The van der Waals surface area contributed by atoms with Crippen molar-refractivity contribution in [2.24, 2.45) is 0 Å². The van der Waals surface area contributed by atoms with Crippen LogP contribution in [0.1, 0.15) is 15.2 Å². The van der Waals surface area contributed by atoms with E-state index >= 15 is 0 Å². The molecule has 0 atom stereocenters. The molecule has 0 fully saturated rings. The Hall–Kier alpha value is -1.52. The first-order valence-corrected chi connectivity index (χ1v) is 6.09. The van der Waals surface area contributed by atoms with Gasteiger partial charge in [0.25, 0.3) is 0 Å². The Labute approximate surface area is 107 Å². The molecule has 0 bridgehead atoms. The van der Waals surface area contributed by atoms with Crippen molar-refractivity contribution in [2.45, 2.75) is 6.92 Å². The summed E-state index contributed by atoms with van der Waals surface area (Å²) in [5, 5.41) is 9.61. The summed E-state index contributed by atoms with van der Waals surface area (Å²) < 4.78 is 0. The van der Waals surface area contributed by atoms with E-state index in [2.05, 4.69) is 0 Å². The van der Waals surface area contributed by atoms with Crippen molar-refractivity contribution in [2.75, 3.05) is 5.73 Å². The number of halogens is 1. The number of carboxylic acids is 1. The highest BCUT2D eigenvalue weighted by Crippen LogP contribution is 2.40. The number of hydrogen-bond donors (Lipinski definition) is 2. The Morgan fingerprint density at radius 2 is 2.06 bits per heavy atom. The number of hydrogen-bond acceptors (Lipinski definition) is 3. The molecule has 0 saturated carbocycles. The van der Waals surface area contributed by atoms with E-state index in [1.807, 2.05) is 18.2 Å². The average molecular weight is 268 g/mol. The van der Waals surface area contributed by atoms with Gasteiger partial charge in [0.05, 0.1) is 5.69 Å². The van der Waals surface area contributed by atoms with Crippen LogP contribution in [0, 0.1) is 6.92 Å². The highest BCUT2D eigenvalue weighted by Gasteiger charge is 2.19. The van der Waals surface area contributed by atoms with Crippen LogP contribution >= 0.6 is 22.9 Å². The normalized spacial score (nSPS) is 10.5. The molecule has 88 valence electrons. The zero-order valence-electron chi connectivity index (χ0n) is 9.03. The average Bonchev–Trinajstić information content (AvgIpc) is 2.57. The number of anilines is 1. The molecule has 0 aliphatic rings. The fourth-order valence-electron chi connectivity index (χ4n) is 1.59. The summed E-state index contributed by atoms with van der Waals surface area (Å²) in [5.74, 6) is -1.01. The topological polar surface area (TPSA) is 63.3 Å². The Balaban J connectivity index is 2.66. The van der Waals surface area contributed by atoms with Gasteiger partial charge in [-0.1, -0.05) is 29.8 Å². The lowest BCUT2D eigenvalue weighted by Gasteiger charge is -2.02. The number of rotatable bonds is 2. The minimum Gasteiger partial charge on any atom is -0.477 e. The minimum absolute atomic E-state index is 0.164. The highest BCUT2D eigenvalue weighted by molar-refractivity contribution is 7.18. The zero-order valence-corrected chi connectivity index (χ0v) is 10.6. The zero-order chi connectivity index (χ0) is 12.6. The van der Waals surface area contributed by atoms with E-state index < -0.39 is 5.97 Å². The summed E-state index contributed by atoms with van der Waals surface area (Å²) >= 11 is 7.24. The summed E-state index contributed by atoms with van der Waals surface area (Å²) in [6.07, 6.45) is 0. The number of aromatic carboxylic acids is 1. The lowest BCUT2D eigenvalue weighted by molar-refractivity contribution is 0.0703. The maximum Gasteiger partial charge on any atom is 0.348 e. The Morgan fingerprint density at radius 3 is 2.59 bits per heavy atom. The lowest BCUT2D eigenvalue weighted by Crippen LogP contribution is -1.97. The van der Waals surface area contributed by atoms with Crippen molar-refractivity contribution < 1.29 is 9.90 Å².